The molecule has 1 unspecified atom stereocenters. The molecule has 0 fully saturated rings. The van der Waals surface area contributed by atoms with Crippen LogP contribution in [0.3, 0.4) is 0 Å². The lowest BCUT2D eigenvalue weighted by Crippen LogP contribution is -2.04. The molecule has 0 aliphatic heterocycles. The molecule has 1 heterocycles. The largest absolute Gasteiger partial charge is 0.300 e. The molecule has 1 aromatic heterocycles. The minimum absolute atomic E-state index is 0.252. The third-order valence-corrected chi connectivity index (χ3v) is 3.65. The van der Waals surface area contributed by atoms with Crippen LogP contribution in [-0.4, -0.2) is 10.8 Å². The topological polar surface area (TPSA) is 30.0 Å². The Morgan fingerprint density at radius 3 is 2.72 bits per heavy atom. The van der Waals surface area contributed by atoms with Crippen molar-refractivity contribution >= 4 is 17.1 Å². The number of carbonyl (C=O) groups is 1. The molecule has 0 N–H and O–H groups in total. The normalized spacial score (nSPS) is 12.3. The molecule has 0 saturated heterocycles. The van der Waals surface area contributed by atoms with Crippen molar-refractivity contribution in [3.8, 4) is 11.3 Å². The number of hydrogen-bond donors (Lipinski definition) is 0. The summed E-state index contributed by atoms with van der Waals surface area (Å²) in [6.45, 7) is 3.75. The van der Waals surface area contributed by atoms with E-state index in [9.17, 15) is 4.79 Å². The number of benzene rings is 1. The van der Waals surface area contributed by atoms with E-state index in [0.29, 0.717) is 12.3 Å². The summed E-state index contributed by atoms with van der Waals surface area (Å²) in [6, 6.07) is 10.2. The zero-order chi connectivity index (χ0) is 13.0. The molecule has 0 aliphatic carbocycles. The van der Waals surface area contributed by atoms with Crippen LogP contribution < -0.4 is 0 Å². The first-order valence-corrected chi connectivity index (χ1v) is 7.02. The van der Waals surface area contributed by atoms with Crippen LogP contribution in [0.2, 0.25) is 0 Å². The number of ketones is 1. The van der Waals surface area contributed by atoms with Gasteiger partial charge in [0.25, 0.3) is 0 Å². The smallest absolute Gasteiger partial charge is 0.130 e. The number of Topliss-reactive ketones (excluding diaryl/α,β-unsaturated/α-hetero) is 1. The summed E-state index contributed by atoms with van der Waals surface area (Å²) in [5.74, 6) is 0.625. The Bertz CT molecular complexity index is 518. The molecule has 18 heavy (non-hydrogen) atoms. The number of thiazole rings is 1. The van der Waals surface area contributed by atoms with Crippen LogP contribution in [0.5, 0.6) is 0 Å². The summed E-state index contributed by atoms with van der Waals surface area (Å²) in [5, 5.41) is 3.20. The fourth-order valence-electron chi connectivity index (χ4n) is 2.01. The maximum Gasteiger partial charge on any atom is 0.130 e. The first-order valence-electron chi connectivity index (χ1n) is 6.14. The minimum atomic E-state index is 0.252. The van der Waals surface area contributed by atoms with Crippen LogP contribution in [0.25, 0.3) is 11.3 Å². The van der Waals surface area contributed by atoms with E-state index in [1.165, 1.54) is 0 Å². The second-order valence-electron chi connectivity index (χ2n) is 4.71. The molecule has 3 heteroatoms. The van der Waals surface area contributed by atoms with Gasteiger partial charge in [-0.05, 0) is 12.8 Å². The molecule has 1 aromatic carbocycles. The van der Waals surface area contributed by atoms with Crippen molar-refractivity contribution in [1.29, 1.82) is 0 Å². The van der Waals surface area contributed by atoms with Crippen LogP contribution in [0.4, 0.5) is 0 Å². The highest BCUT2D eigenvalue weighted by molar-refractivity contribution is 7.09. The third-order valence-electron chi connectivity index (χ3n) is 2.78. The quantitative estimate of drug-likeness (QED) is 0.813. The van der Waals surface area contributed by atoms with E-state index in [1.54, 1.807) is 18.3 Å². The monoisotopic (exact) mass is 259 g/mol. The van der Waals surface area contributed by atoms with Crippen molar-refractivity contribution < 1.29 is 4.79 Å². The first kappa shape index (κ1) is 13.0. The molecule has 2 nitrogen and oxygen atoms in total. The van der Waals surface area contributed by atoms with E-state index in [-0.39, 0.29) is 5.78 Å². The van der Waals surface area contributed by atoms with E-state index < -0.39 is 0 Å². The second kappa shape index (κ2) is 5.91. The van der Waals surface area contributed by atoms with Crippen molar-refractivity contribution in [3.63, 3.8) is 0 Å². The van der Waals surface area contributed by atoms with Gasteiger partial charge in [-0.25, -0.2) is 4.98 Å². The van der Waals surface area contributed by atoms with Gasteiger partial charge in [-0.3, -0.25) is 0 Å². The summed E-state index contributed by atoms with van der Waals surface area (Å²) < 4.78 is 0. The average Bonchev–Trinajstić information content (AvgIpc) is 2.77. The van der Waals surface area contributed by atoms with Crippen LogP contribution in [0.1, 0.15) is 25.3 Å². The average molecular weight is 259 g/mol. The SMILES string of the molecule is CC(=O)CC(C)Cc1nc(-c2ccccc2)cs1. The van der Waals surface area contributed by atoms with E-state index >= 15 is 0 Å². The Hall–Kier alpha value is -1.48. The van der Waals surface area contributed by atoms with Crippen LogP contribution in [0, 0.1) is 5.92 Å². The molecule has 0 aliphatic rings. The van der Waals surface area contributed by atoms with E-state index in [0.717, 1.165) is 22.7 Å². The second-order valence-corrected chi connectivity index (χ2v) is 5.65. The van der Waals surface area contributed by atoms with Gasteiger partial charge >= 0.3 is 0 Å². The van der Waals surface area contributed by atoms with E-state index in [4.69, 9.17) is 0 Å². The Balaban J connectivity index is 2.05. The van der Waals surface area contributed by atoms with Gasteiger partial charge in [0.2, 0.25) is 0 Å². The summed E-state index contributed by atoms with van der Waals surface area (Å²) in [4.78, 5) is 15.7. The summed E-state index contributed by atoms with van der Waals surface area (Å²) in [7, 11) is 0. The zero-order valence-corrected chi connectivity index (χ0v) is 11.5. The first-order chi connectivity index (χ1) is 8.65. The molecular formula is C15H17NOS. The molecule has 2 rings (SSSR count). The van der Waals surface area contributed by atoms with Gasteiger partial charge in [0.05, 0.1) is 10.7 Å². The fraction of sp³-hybridized carbons (Fsp3) is 0.333. The van der Waals surface area contributed by atoms with Gasteiger partial charge in [-0.15, -0.1) is 11.3 Å². The van der Waals surface area contributed by atoms with Crippen molar-refractivity contribution in [2.24, 2.45) is 5.92 Å². The number of rotatable bonds is 5. The summed E-state index contributed by atoms with van der Waals surface area (Å²) in [6.07, 6.45) is 1.53. The number of aromatic nitrogens is 1. The van der Waals surface area contributed by atoms with Crippen molar-refractivity contribution in [2.75, 3.05) is 0 Å². The molecule has 0 spiro atoms. The Kier molecular flexibility index (Phi) is 4.26. The lowest BCUT2D eigenvalue weighted by molar-refractivity contribution is -0.117. The highest BCUT2D eigenvalue weighted by atomic mass is 32.1. The fourth-order valence-corrected chi connectivity index (χ4v) is 2.98. The highest BCUT2D eigenvalue weighted by Gasteiger charge is 2.10. The number of nitrogens with zero attached hydrogens (tertiary/aromatic N) is 1. The van der Waals surface area contributed by atoms with Gasteiger partial charge in [-0.2, -0.15) is 0 Å². The lowest BCUT2D eigenvalue weighted by atomic mass is 10.0. The molecule has 2 aromatic rings. The third kappa shape index (κ3) is 3.50. The number of carbonyl (C=O) groups excluding carboxylic acids is 1. The molecular weight excluding hydrogens is 242 g/mol. The van der Waals surface area contributed by atoms with Crippen molar-refractivity contribution in [1.82, 2.24) is 4.98 Å². The van der Waals surface area contributed by atoms with Crippen molar-refractivity contribution in [2.45, 2.75) is 26.7 Å². The van der Waals surface area contributed by atoms with Gasteiger partial charge in [-0.1, -0.05) is 37.3 Å². The Morgan fingerprint density at radius 2 is 2.06 bits per heavy atom. The Labute approximate surface area is 112 Å². The summed E-state index contributed by atoms with van der Waals surface area (Å²) in [5.41, 5.74) is 2.19. The molecule has 0 bridgehead atoms. The van der Waals surface area contributed by atoms with E-state index in [1.807, 2.05) is 18.2 Å². The van der Waals surface area contributed by atoms with Gasteiger partial charge < -0.3 is 4.79 Å². The maximum absolute atomic E-state index is 11.1. The molecule has 0 radical (unpaired) electrons. The molecule has 0 amide bonds. The zero-order valence-electron chi connectivity index (χ0n) is 10.7. The highest BCUT2D eigenvalue weighted by Crippen LogP contribution is 2.23. The van der Waals surface area contributed by atoms with Crippen molar-refractivity contribution in [3.05, 3.63) is 40.7 Å². The maximum atomic E-state index is 11.1. The predicted octanol–water partition coefficient (Wildman–Crippen LogP) is 3.97. The van der Waals surface area contributed by atoms with Gasteiger partial charge in [0, 0.05) is 23.8 Å². The standard InChI is InChI=1S/C15H17NOS/c1-11(8-12(2)17)9-15-16-14(10-18-15)13-6-4-3-5-7-13/h3-7,10-11H,8-9H2,1-2H3. The Morgan fingerprint density at radius 1 is 1.33 bits per heavy atom. The minimum Gasteiger partial charge on any atom is -0.300 e. The van der Waals surface area contributed by atoms with Gasteiger partial charge in [0.15, 0.2) is 0 Å². The van der Waals surface area contributed by atoms with E-state index in [2.05, 4.69) is 29.4 Å². The van der Waals surface area contributed by atoms with Crippen LogP contribution in [-0.2, 0) is 11.2 Å². The summed E-state index contributed by atoms with van der Waals surface area (Å²) >= 11 is 1.68. The lowest BCUT2D eigenvalue weighted by Gasteiger charge is -2.05. The van der Waals surface area contributed by atoms with Crippen LogP contribution >= 0.6 is 11.3 Å². The molecule has 1 atom stereocenters. The van der Waals surface area contributed by atoms with Crippen LogP contribution in [0.15, 0.2) is 35.7 Å². The predicted molar refractivity (Wildman–Crippen MR) is 75.7 cm³/mol. The molecule has 0 saturated carbocycles. The van der Waals surface area contributed by atoms with Gasteiger partial charge in [0.1, 0.15) is 5.78 Å². The number of hydrogen-bond acceptors (Lipinski definition) is 3. The molecule has 94 valence electrons.